The summed E-state index contributed by atoms with van der Waals surface area (Å²) in [5, 5.41) is 3.33. The van der Waals surface area contributed by atoms with E-state index in [1.165, 1.54) is 37.0 Å². The Labute approximate surface area is 109 Å². The van der Waals surface area contributed by atoms with Crippen molar-refractivity contribution in [2.24, 2.45) is 5.92 Å². The molecule has 17 heavy (non-hydrogen) atoms. The van der Waals surface area contributed by atoms with Gasteiger partial charge in [0.25, 0.3) is 0 Å². The number of nitrogens with zero attached hydrogens (tertiary/aromatic N) is 1. The molecule has 0 saturated heterocycles. The molecule has 3 heteroatoms. The minimum atomic E-state index is 0.942. The van der Waals surface area contributed by atoms with Gasteiger partial charge in [-0.1, -0.05) is 18.9 Å². The molecule has 2 rings (SSSR count). The summed E-state index contributed by atoms with van der Waals surface area (Å²) in [6.45, 7) is 3.06. The van der Waals surface area contributed by atoms with Gasteiger partial charge in [0.15, 0.2) is 0 Å². The normalized spacial score (nSPS) is 16.3. The Morgan fingerprint density at radius 1 is 1.41 bits per heavy atom. The fourth-order valence-electron chi connectivity index (χ4n) is 2.39. The van der Waals surface area contributed by atoms with Crippen molar-refractivity contribution in [2.45, 2.75) is 38.4 Å². The van der Waals surface area contributed by atoms with Gasteiger partial charge in [-0.25, -0.2) is 4.98 Å². The molecule has 1 aromatic rings. The van der Waals surface area contributed by atoms with Crippen molar-refractivity contribution in [3.8, 4) is 0 Å². The van der Waals surface area contributed by atoms with Crippen LogP contribution in [-0.4, -0.2) is 17.3 Å². The standard InChI is InChI=1S/C14H22N2S/c1-2-15-14-13(8-5-9-16-14)11-17-10-12-6-3-4-7-12/h5,8-9,12H,2-4,6-7,10-11H2,1H3,(H,15,16). The fraction of sp³-hybridized carbons (Fsp3) is 0.643. The van der Waals surface area contributed by atoms with E-state index in [0.717, 1.165) is 24.0 Å². The van der Waals surface area contributed by atoms with Crippen molar-refractivity contribution in [3.63, 3.8) is 0 Å². The quantitative estimate of drug-likeness (QED) is 0.828. The van der Waals surface area contributed by atoms with E-state index in [0.29, 0.717) is 0 Å². The average molecular weight is 250 g/mol. The Kier molecular flexibility index (Phi) is 5.17. The molecule has 0 aliphatic heterocycles. The lowest BCUT2D eigenvalue weighted by atomic mass is 10.1. The molecule has 0 unspecified atom stereocenters. The van der Waals surface area contributed by atoms with Gasteiger partial charge in [0.05, 0.1) is 0 Å². The zero-order valence-corrected chi connectivity index (χ0v) is 11.4. The third-order valence-electron chi connectivity index (χ3n) is 3.32. The molecule has 94 valence electrons. The molecule has 0 atom stereocenters. The zero-order valence-electron chi connectivity index (χ0n) is 10.6. The van der Waals surface area contributed by atoms with Crippen LogP contribution in [0.25, 0.3) is 0 Å². The Morgan fingerprint density at radius 3 is 3.00 bits per heavy atom. The van der Waals surface area contributed by atoms with Gasteiger partial charge in [0, 0.05) is 24.1 Å². The van der Waals surface area contributed by atoms with Crippen molar-refractivity contribution in [2.75, 3.05) is 17.6 Å². The highest BCUT2D eigenvalue weighted by atomic mass is 32.2. The molecule has 0 spiro atoms. The molecule has 1 aliphatic carbocycles. The minimum absolute atomic E-state index is 0.942. The van der Waals surface area contributed by atoms with Crippen LogP contribution < -0.4 is 5.32 Å². The van der Waals surface area contributed by atoms with Crippen LogP contribution in [0.4, 0.5) is 5.82 Å². The molecule has 0 radical (unpaired) electrons. The van der Waals surface area contributed by atoms with Gasteiger partial charge < -0.3 is 5.32 Å². The first-order chi connectivity index (χ1) is 8.40. The van der Waals surface area contributed by atoms with Crippen LogP contribution in [0.5, 0.6) is 0 Å². The molecule has 1 aromatic heterocycles. The van der Waals surface area contributed by atoms with Gasteiger partial charge in [0.1, 0.15) is 5.82 Å². The molecular weight excluding hydrogens is 228 g/mol. The zero-order chi connectivity index (χ0) is 11.9. The number of anilines is 1. The van der Waals surface area contributed by atoms with Gasteiger partial charge in [-0.05, 0) is 37.5 Å². The van der Waals surface area contributed by atoms with Crippen LogP contribution in [0, 0.1) is 5.92 Å². The third kappa shape index (κ3) is 3.91. The SMILES string of the molecule is CCNc1ncccc1CSCC1CCCC1. The first kappa shape index (κ1) is 12.7. The summed E-state index contributed by atoms with van der Waals surface area (Å²) in [5.41, 5.74) is 1.34. The highest BCUT2D eigenvalue weighted by Gasteiger charge is 2.14. The molecular formula is C14H22N2S. The second kappa shape index (κ2) is 6.90. The van der Waals surface area contributed by atoms with E-state index in [2.05, 4.69) is 35.1 Å². The number of hydrogen-bond acceptors (Lipinski definition) is 3. The first-order valence-corrected chi connectivity index (χ1v) is 7.81. The number of aromatic nitrogens is 1. The maximum absolute atomic E-state index is 4.39. The van der Waals surface area contributed by atoms with E-state index in [9.17, 15) is 0 Å². The van der Waals surface area contributed by atoms with Crippen LogP contribution in [-0.2, 0) is 5.75 Å². The highest BCUT2D eigenvalue weighted by Crippen LogP contribution is 2.29. The van der Waals surface area contributed by atoms with E-state index in [4.69, 9.17) is 0 Å². The molecule has 2 nitrogen and oxygen atoms in total. The molecule has 0 amide bonds. The summed E-state index contributed by atoms with van der Waals surface area (Å²) >= 11 is 2.06. The van der Waals surface area contributed by atoms with Gasteiger partial charge in [0.2, 0.25) is 0 Å². The highest BCUT2D eigenvalue weighted by molar-refractivity contribution is 7.98. The summed E-state index contributed by atoms with van der Waals surface area (Å²) in [6, 6.07) is 4.22. The fourth-order valence-corrected chi connectivity index (χ4v) is 3.63. The smallest absolute Gasteiger partial charge is 0.129 e. The summed E-state index contributed by atoms with van der Waals surface area (Å²) in [4.78, 5) is 4.39. The first-order valence-electron chi connectivity index (χ1n) is 6.65. The topological polar surface area (TPSA) is 24.9 Å². The summed E-state index contributed by atoms with van der Waals surface area (Å²) in [6.07, 6.45) is 7.64. The third-order valence-corrected chi connectivity index (χ3v) is 4.54. The average Bonchev–Trinajstić information content (AvgIpc) is 2.85. The van der Waals surface area contributed by atoms with E-state index in [1.54, 1.807) is 0 Å². The van der Waals surface area contributed by atoms with E-state index in [1.807, 2.05) is 12.3 Å². The molecule has 0 aromatic carbocycles. The Hall–Kier alpha value is -0.700. The van der Waals surface area contributed by atoms with E-state index < -0.39 is 0 Å². The molecule has 1 N–H and O–H groups in total. The number of thioether (sulfide) groups is 1. The molecule has 0 bridgehead atoms. The Balaban J connectivity index is 1.80. The predicted molar refractivity (Wildman–Crippen MR) is 76.5 cm³/mol. The van der Waals surface area contributed by atoms with Crippen LogP contribution in [0.2, 0.25) is 0 Å². The second-order valence-electron chi connectivity index (χ2n) is 4.71. The number of pyridine rings is 1. The van der Waals surface area contributed by atoms with Gasteiger partial charge in [-0.15, -0.1) is 0 Å². The van der Waals surface area contributed by atoms with Crippen LogP contribution in [0.3, 0.4) is 0 Å². The van der Waals surface area contributed by atoms with Crippen molar-refractivity contribution < 1.29 is 0 Å². The van der Waals surface area contributed by atoms with Crippen LogP contribution in [0.1, 0.15) is 38.2 Å². The number of hydrogen-bond donors (Lipinski definition) is 1. The van der Waals surface area contributed by atoms with Gasteiger partial charge in [-0.2, -0.15) is 11.8 Å². The number of nitrogens with one attached hydrogen (secondary N) is 1. The number of rotatable bonds is 6. The lowest BCUT2D eigenvalue weighted by Crippen LogP contribution is -2.03. The Morgan fingerprint density at radius 2 is 2.24 bits per heavy atom. The van der Waals surface area contributed by atoms with Crippen LogP contribution in [0.15, 0.2) is 18.3 Å². The maximum Gasteiger partial charge on any atom is 0.129 e. The summed E-state index contributed by atoms with van der Waals surface area (Å²) in [7, 11) is 0. The second-order valence-corrected chi connectivity index (χ2v) is 5.74. The molecule has 1 fully saturated rings. The van der Waals surface area contributed by atoms with E-state index >= 15 is 0 Å². The Bertz CT molecular complexity index is 335. The molecule has 1 aliphatic rings. The summed E-state index contributed by atoms with van der Waals surface area (Å²) in [5.74, 6) is 4.45. The van der Waals surface area contributed by atoms with Crippen LogP contribution >= 0.6 is 11.8 Å². The predicted octanol–water partition coefficient (Wildman–Crippen LogP) is 3.94. The largest absolute Gasteiger partial charge is 0.370 e. The van der Waals surface area contributed by atoms with Crippen molar-refractivity contribution in [1.29, 1.82) is 0 Å². The lowest BCUT2D eigenvalue weighted by molar-refractivity contribution is 0.623. The molecule has 1 saturated carbocycles. The monoisotopic (exact) mass is 250 g/mol. The van der Waals surface area contributed by atoms with Crippen molar-refractivity contribution >= 4 is 17.6 Å². The van der Waals surface area contributed by atoms with Crippen molar-refractivity contribution in [1.82, 2.24) is 4.98 Å². The lowest BCUT2D eigenvalue weighted by Gasteiger charge is -2.11. The summed E-state index contributed by atoms with van der Waals surface area (Å²) < 4.78 is 0. The van der Waals surface area contributed by atoms with Gasteiger partial charge >= 0.3 is 0 Å². The van der Waals surface area contributed by atoms with E-state index in [-0.39, 0.29) is 0 Å². The minimum Gasteiger partial charge on any atom is -0.370 e. The molecule has 1 heterocycles. The van der Waals surface area contributed by atoms with Crippen molar-refractivity contribution in [3.05, 3.63) is 23.9 Å². The van der Waals surface area contributed by atoms with Gasteiger partial charge in [-0.3, -0.25) is 0 Å². The maximum atomic E-state index is 4.39.